The second-order valence-corrected chi connectivity index (χ2v) is 3.74. The molecule has 3 unspecified atom stereocenters. The van der Waals surface area contributed by atoms with E-state index >= 15 is 0 Å². The zero-order valence-electron chi connectivity index (χ0n) is 6.43. The topological polar surface area (TPSA) is 17.1 Å². The van der Waals surface area contributed by atoms with Gasteiger partial charge in [0.15, 0.2) is 5.78 Å². The Labute approximate surface area is 66.8 Å². The minimum absolute atomic E-state index is 0.177. The number of hydrogen-bond donors (Lipinski definition) is 0. The fourth-order valence-corrected chi connectivity index (χ4v) is 1.69. The van der Waals surface area contributed by atoms with Gasteiger partial charge >= 0.3 is 0 Å². The van der Waals surface area contributed by atoms with Gasteiger partial charge in [0, 0.05) is 5.92 Å². The van der Waals surface area contributed by atoms with Gasteiger partial charge in [0.1, 0.15) is 0 Å². The molecule has 0 heterocycles. The van der Waals surface area contributed by atoms with Crippen molar-refractivity contribution < 1.29 is 4.79 Å². The molecule has 1 nitrogen and oxygen atoms in total. The van der Waals surface area contributed by atoms with E-state index in [1.54, 1.807) is 0 Å². The van der Waals surface area contributed by atoms with Crippen LogP contribution in [0.5, 0.6) is 0 Å². The van der Waals surface area contributed by atoms with Crippen molar-refractivity contribution in [2.24, 2.45) is 11.8 Å². The Kier molecular flexibility index (Phi) is 2.35. The molecule has 0 amide bonds. The van der Waals surface area contributed by atoms with E-state index in [0.29, 0.717) is 5.92 Å². The summed E-state index contributed by atoms with van der Waals surface area (Å²) in [5.74, 6) is 0.944. The monoisotopic (exact) mass is 160 g/mol. The first kappa shape index (κ1) is 8.06. The zero-order chi connectivity index (χ0) is 7.72. The molecule has 0 aromatic carbocycles. The highest BCUT2D eigenvalue weighted by atomic mass is 35.5. The minimum atomic E-state index is -0.203. The smallest absolute Gasteiger partial charge is 0.153 e. The summed E-state index contributed by atoms with van der Waals surface area (Å²) in [7, 11) is 0. The Balaban J connectivity index is 2.60. The van der Waals surface area contributed by atoms with E-state index in [2.05, 4.69) is 6.92 Å². The maximum Gasteiger partial charge on any atom is 0.153 e. The van der Waals surface area contributed by atoms with Crippen molar-refractivity contribution in [1.29, 1.82) is 0 Å². The molecule has 1 aliphatic rings. The summed E-state index contributed by atoms with van der Waals surface area (Å²) in [6, 6.07) is 0. The van der Waals surface area contributed by atoms with E-state index < -0.39 is 0 Å². The van der Waals surface area contributed by atoms with E-state index in [1.165, 1.54) is 0 Å². The minimum Gasteiger partial charge on any atom is -0.298 e. The molecular weight excluding hydrogens is 148 g/mol. The van der Waals surface area contributed by atoms with Gasteiger partial charge in [-0.25, -0.2) is 0 Å². The lowest BCUT2D eigenvalue weighted by atomic mass is 9.80. The van der Waals surface area contributed by atoms with Crippen LogP contribution in [0.2, 0.25) is 0 Å². The molecule has 0 aromatic rings. The fraction of sp³-hybridized carbons (Fsp3) is 0.875. The van der Waals surface area contributed by atoms with Crippen molar-refractivity contribution in [3.8, 4) is 0 Å². The number of alkyl halides is 1. The maximum atomic E-state index is 11.2. The van der Waals surface area contributed by atoms with Gasteiger partial charge < -0.3 is 0 Å². The maximum absolute atomic E-state index is 11.2. The van der Waals surface area contributed by atoms with Gasteiger partial charge in [0.2, 0.25) is 0 Å². The Hall–Kier alpha value is -0.0400. The number of rotatable bonds is 0. The van der Waals surface area contributed by atoms with Crippen LogP contribution in [-0.4, -0.2) is 11.2 Å². The van der Waals surface area contributed by atoms with Crippen LogP contribution in [-0.2, 0) is 4.79 Å². The Morgan fingerprint density at radius 2 is 2.00 bits per heavy atom. The molecule has 0 aromatic heterocycles. The van der Waals surface area contributed by atoms with E-state index in [-0.39, 0.29) is 17.1 Å². The molecule has 1 saturated carbocycles. The Morgan fingerprint density at radius 3 is 2.50 bits per heavy atom. The van der Waals surface area contributed by atoms with Gasteiger partial charge in [-0.05, 0) is 18.8 Å². The molecule has 0 N–H and O–H groups in total. The van der Waals surface area contributed by atoms with Gasteiger partial charge in [0.25, 0.3) is 0 Å². The quantitative estimate of drug-likeness (QED) is 0.497. The first-order chi connectivity index (χ1) is 4.63. The van der Waals surface area contributed by atoms with Crippen LogP contribution in [0.1, 0.15) is 26.7 Å². The molecule has 1 rings (SSSR count). The highest BCUT2D eigenvalue weighted by molar-refractivity contribution is 6.31. The van der Waals surface area contributed by atoms with Crippen LogP contribution in [0.15, 0.2) is 0 Å². The molecule has 10 heavy (non-hydrogen) atoms. The Bertz CT molecular complexity index is 144. The highest BCUT2D eigenvalue weighted by Crippen LogP contribution is 2.29. The third kappa shape index (κ3) is 1.34. The van der Waals surface area contributed by atoms with Gasteiger partial charge in [-0.1, -0.05) is 13.8 Å². The number of halogens is 1. The summed E-state index contributed by atoms with van der Waals surface area (Å²) >= 11 is 5.78. The van der Waals surface area contributed by atoms with E-state index in [4.69, 9.17) is 11.6 Å². The summed E-state index contributed by atoms with van der Waals surface area (Å²) in [6.45, 7) is 4.09. The fourth-order valence-electron chi connectivity index (χ4n) is 1.37. The normalized spacial score (nSPS) is 41.9. The van der Waals surface area contributed by atoms with Crippen LogP contribution in [0.25, 0.3) is 0 Å². The van der Waals surface area contributed by atoms with E-state index in [1.807, 2.05) is 6.92 Å². The van der Waals surface area contributed by atoms with E-state index in [9.17, 15) is 4.79 Å². The number of ketones is 1. The lowest BCUT2D eigenvalue weighted by molar-refractivity contribution is -0.125. The van der Waals surface area contributed by atoms with E-state index in [0.717, 1.165) is 12.8 Å². The molecule has 0 radical (unpaired) electrons. The average molecular weight is 161 g/mol. The predicted molar refractivity (Wildman–Crippen MR) is 42.2 cm³/mol. The lowest BCUT2D eigenvalue weighted by Gasteiger charge is -2.27. The van der Waals surface area contributed by atoms with Crippen molar-refractivity contribution in [1.82, 2.24) is 0 Å². The summed E-state index contributed by atoms with van der Waals surface area (Å²) in [6.07, 6.45) is 1.97. The SMILES string of the molecule is CC1CCC(Cl)C(=O)C1C. The average Bonchev–Trinajstić information content (AvgIpc) is 1.93. The molecule has 2 heteroatoms. The standard InChI is InChI=1S/C8H13ClO/c1-5-3-4-7(9)8(10)6(5)2/h5-7H,3-4H2,1-2H3. The second-order valence-electron chi connectivity index (χ2n) is 3.21. The van der Waals surface area contributed by atoms with Crippen LogP contribution >= 0.6 is 11.6 Å². The largest absolute Gasteiger partial charge is 0.298 e. The van der Waals surface area contributed by atoms with Crippen molar-refractivity contribution in [2.45, 2.75) is 32.1 Å². The molecule has 0 spiro atoms. The summed E-state index contributed by atoms with van der Waals surface area (Å²) in [5, 5.41) is -0.203. The van der Waals surface area contributed by atoms with Crippen molar-refractivity contribution in [3.63, 3.8) is 0 Å². The molecular formula is C8H13ClO. The number of Topliss-reactive ketones (excluding diaryl/α,β-unsaturated/α-hetero) is 1. The first-order valence-electron chi connectivity index (χ1n) is 3.80. The first-order valence-corrected chi connectivity index (χ1v) is 4.24. The lowest BCUT2D eigenvalue weighted by Crippen LogP contribution is -2.32. The van der Waals surface area contributed by atoms with Gasteiger partial charge in [-0.15, -0.1) is 11.6 Å². The van der Waals surface area contributed by atoms with Gasteiger partial charge in [0.05, 0.1) is 5.38 Å². The molecule has 0 aliphatic heterocycles. The van der Waals surface area contributed by atoms with Crippen LogP contribution < -0.4 is 0 Å². The molecule has 58 valence electrons. The summed E-state index contributed by atoms with van der Waals surface area (Å²) < 4.78 is 0. The predicted octanol–water partition coefficient (Wildman–Crippen LogP) is 2.23. The molecule has 0 saturated heterocycles. The molecule has 0 bridgehead atoms. The van der Waals surface area contributed by atoms with Crippen LogP contribution in [0, 0.1) is 11.8 Å². The summed E-state index contributed by atoms with van der Waals surface area (Å²) in [4.78, 5) is 11.2. The summed E-state index contributed by atoms with van der Waals surface area (Å²) in [5.41, 5.74) is 0. The molecule has 1 fully saturated rings. The third-order valence-corrected chi connectivity index (χ3v) is 2.92. The third-order valence-electron chi connectivity index (χ3n) is 2.49. The van der Waals surface area contributed by atoms with Crippen molar-refractivity contribution >= 4 is 17.4 Å². The number of carbonyl (C=O) groups excluding carboxylic acids is 1. The second kappa shape index (κ2) is 2.91. The van der Waals surface area contributed by atoms with Crippen molar-refractivity contribution in [2.75, 3.05) is 0 Å². The van der Waals surface area contributed by atoms with Crippen LogP contribution in [0.3, 0.4) is 0 Å². The highest BCUT2D eigenvalue weighted by Gasteiger charge is 2.31. The molecule has 1 aliphatic carbocycles. The van der Waals surface area contributed by atoms with Crippen molar-refractivity contribution in [3.05, 3.63) is 0 Å². The number of carbonyl (C=O) groups is 1. The van der Waals surface area contributed by atoms with Gasteiger partial charge in [-0.2, -0.15) is 0 Å². The van der Waals surface area contributed by atoms with Crippen LogP contribution in [0.4, 0.5) is 0 Å². The van der Waals surface area contributed by atoms with Gasteiger partial charge in [-0.3, -0.25) is 4.79 Å². The molecule has 3 atom stereocenters. The number of hydrogen-bond acceptors (Lipinski definition) is 1. The zero-order valence-corrected chi connectivity index (χ0v) is 7.19. The Morgan fingerprint density at radius 1 is 1.40 bits per heavy atom.